The third kappa shape index (κ3) is 5.10. The molecule has 1 fully saturated rings. The second-order valence-electron chi connectivity index (χ2n) is 8.28. The van der Waals surface area contributed by atoms with Gasteiger partial charge < -0.3 is 29.6 Å². The lowest BCUT2D eigenvalue weighted by Crippen LogP contribution is -2.34. The molecule has 5 rings (SSSR count). The fraction of sp³-hybridized carbons (Fsp3) is 0.318. The van der Waals surface area contributed by atoms with Gasteiger partial charge in [-0.15, -0.1) is 0 Å². The SMILES string of the molecule is CC(=O)NC[C@H]1CN(c2ccc(-c3ccnc(O[C@@H]4COc5nc([N+](=O)[O-])cn5C4)n3)c(F)c2)C(=O)O1. The van der Waals surface area contributed by atoms with E-state index in [1.54, 1.807) is 6.07 Å². The van der Waals surface area contributed by atoms with Crippen LogP contribution in [0.4, 0.5) is 20.7 Å². The lowest BCUT2D eigenvalue weighted by atomic mass is 10.1. The Labute approximate surface area is 208 Å². The molecule has 1 aromatic carbocycles. The Morgan fingerprint density at radius 3 is 2.92 bits per heavy atom. The molecule has 2 aromatic heterocycles. The zero-order chi connectivity index (χ0) is 26.1. The van der Waals surface area contributed by atoms with Crippen LogP contribution in [0.2, 0.25) is 0 Å². The largest absolute Gasteiger partial charge is 0.455 e. The van der Waals surface area contributed by atoms with E-state index in [2.05, 4.69) is 20.3 Å². The van der Waals surface area contributed by atoms with Gasteiger partial charge in [0.25, 0.3) is 0 Å². The van der Waals surface area contributed by atoms with Gasteiger partial charge in [0, 0.05) is 23.7 Å². The standard InChI is InChI=1S/C22H20FN7O7/c1-12(31)25-7-14-9-29(22(32)37-14)13-2-3-16(17(23)6-13)18-4-5-24-20(26-18)36-15-8-28-10-19(30(33)34)27-21(28)35-11-15/h2-6,10,14-15H,7-9,11H2,1H3,(H,25,31)/t14-,15-/m0/s1. The first-order chi connectivity index (χ1) is 17.8. The maximum absolute atomic E-state index is 15.1. The summed E-state index contributed by atoms with van der Waals surface area (Å²) >= 11 is 0. The predicted octanol–water partition coefficient (Wildman–Crippen LogP) is 1.69. The quantitative estimate of drug-likeness (QED) is 0.363. The van der Waals surface area contributed by atoms with E-state index in [1.165, 1.54) is 47.0 Å². The number of anilines is 1. The molecular formula is C22H20FN7O7. The predicted molar refractivity (Wildman–Crippen MR) is 123 cm³/mol. The van der Waals surface area contributed by atoms with Gasteiger partial charge in [-0.1, -0.05) is 0 Å². The van der Waals surface area contributed by atoms with Crippen LogP contribution < -0.4 is 19.7 Å². The topological polar surface area (TPSA) is 164 Å². The van der Waals surface area contributed by atoms with Crippen LogP contribution in [0.25, 0.3) is 11.3 Å². The summed E-state index contributed by atoms with van der Waals surface area (Å²) in [6.45, 7) is 1.97. The number of hydrogen-bond donors (Lipinski definition) is 1. The Hall–Kier alpha value is -4.82. The molecule has 0 spiro atoms. The molecule has 0 radical (unpaired) electrons. The van der Waals surface area contributed by atoms with Crippen molar-refractivity contribution in [3.8, 4) is 23.3 Å². The molecule has 0 unspecified atom stereocenters. The third-order valence-electron chi connectivity index (χ3n) is 5.61. The molecule has 2 atom stereocenters. The summed E-state index contributed by atoms with van der Waals surface area (Å²) < 4.78 is 32.9. The van der Waals surface area contributed by atoms with Crippen molar-refractivity contribution in [1.29, 1.82) is 0 Å². The van der Waals surface area contributed by atoms with Crippen LogP contribution >= 0.6 is 0 Å². The van der Waals surface area contributed by atoms with E-state index in [0.717, 1.165) is 0 Å². The van der Waals surface area contributed by atoms with E-state index in [4.69, 9.17) is 14.2 Å². The van der Waals surface area contributed by atoms with Crippen LogP contribution in [-0.2, 0) is 16.1 Å². The third-order valence-corrected chi connectivity index (χ3v) is 5.61. The highest BCUT2D eigenvalue weighted by Crippen LogP contribution is 2.29. The zero-order valence-corrected chi connectivity index (χ0v) is 19.4. The van der Waals surface area contributed by atoms with Crippen molar-refractivity contribution in [3.63, 3.8) is 0 Å². The molecule has 1 N–H and O–H groups in total. The van der Waals surface area contributed by atoms with Crippen molar-refractivity contribution in [2.75, 3.05) is 24.6 Å². The van der Waals surface area contributed by atoms with E-state index in [-0.39, 0.29) is 61.2 Å². The monoisotopic (exact) mass is 513 g/mol. The molecule has 3 aromatic rings. The minimum Gasteiger partial charge on any atom is -0.455 e. The van der Waals surface area contributed by atoms with Crippen molar-refractivity contribution >= 4 is 23.5 Å². The number of cyclic esters (lactones) is 1. The van der Waals surface area contributed by atoms with Crippen molar-refractivity contribution < 1.29 is 33.1 Å². The normalized spacial score (nSPS) is 18.5. The average molecular weight is 513 g/mol. The number of ether oxygens (including phenoxy) is 3. The van der Waals surface area contributed by atoms with Gasteiger partial charge in [0.05, 0.1) is 31.0 Å². The van der Waals surface area contributed by atoms with Crippen molar-refractivity contribution in [2.45, 2.75) is 25.7 Å². The number of amides is 2. The Morgan fingerprint density at radius 2 is 2.16 bits per heavy atom. The zero-order valence-electron chi connectivity index (χ0n) is 19.4. The fourth-order valence-electron chi connectivity index (χ4n) is 3.90. The number of aromatic nitrogens is 4. The van der Waals surface area contributed by atoms with Gasteiger partial charge in [-0.3, -0.25) is 14.3 Å². The summed E-state index contributed by atoms with van der Waals surface area (Å²) in [6, 6.07) is 5.83. The lowest BCUT2D eigenvalue weighted by Gasteiger charge is -2.22. The molecule has 15 heteroatoms. The summed E-state index contributed by atoms with van der Waals surface area (Å²) in [6.07, 6.45) is 0.912. The summed E-state index contributed by atoms with van der Waals surface area (Å²) in [5, 5.41) is 13.5. The Bertz CT molecular complexity index is 1380. The smallest absolute Gasteiger partial charge is 0.414 e. The number of rotatable bonds is 7. The molecule has 14 nitrogen and oxygen atoms in total. The van der Waals surface area contributed by atoms with E-state index in [0.29, 0.717) is 5.69 Å². The maximum Gasteiger partial charge on any atom is 0.414 e. The molecule has 4 heterocycles. The van der Waals surface area contributed by atoms with Crippen LogP contribution in [-0.4, -0.2) is 68.3 Å². The number of nitro groups is 1. The number of nitrogens with zero attached hydrogens (tertiary/aromatic N) is 6. The number of carbonyl (C=O) groups is 2. The first kappa shape index (κ1) is 23.9. The molecule has 192 valence electrons. The maximum atomic E-state index is 15.1. The van der Waals surface area contributed by atoms with Gasteiger partial charge in [-0.25, -0.2) is 14.2 Å². The molecule has 37 heavy (non-hydrogen) atoms. The molecule has 2 amide bonds. The molecule has 2 aliphatic rings. The van der Waals surface area contributed by atoms with Crippen molar-refractivity contribution in [1.82, 2.24) is 24.8 Å². The van der Waals surface area contributed by atoms with Crippen molar-refractivity contribution in [2.24, 2.45) is 0 Å². The Kier molecular flexibility index (Phi) is 6.25. The molecule has 2 aliphatic heterocycles. The van der Waals surface area contributed by atoms with Crippen LogP contribution in [0.3, 0.4) is 0 Å². The van der Waals surface area contributed by atoms with Gasteiger partial charge in [-0.05, 0) is 29.2 Å². The second kappa shape index (κ2) is 9.67. The van der Waals surface area contributed by atoms with Gasteiger partial charge >= 0.3 is 23.9 Å². The number of imidazole rings is 1. The molecule has 0 aliphatic carbocycles. The summed E-state index contributed by atoms with van der Waals surface area (Å²) in [5.74, 6) is -1.21. The van der Waals surface area contributed by atoms with Crippen LogP contribution in [0.15, 0.2) is 36.7 Å². The van der Waals surface area contributed by atoms with E-state index in [1.807, 2.05) is 0 Å². The molecule has 0 saturated carbocycles. The van der Waals surface area contributed by atoms with Crippen LogP contribution in [0, 0.1) is 15.9 Å². The van der Waals surface area contributed by atoms with Gasteiger partial charge in [0.2, 0.25) is 5.91 Å². The van der Waals surface area contributed by atoms with Crippen LogP contribution in [0.1, 0.15) is 6.92 Å². The highest BCUT2D eigenvalue weighted by atomic mass is 19.1. The Balaban J connectivity index is 1.27. The number of nitrogens with one attached hydrogen (secondary N) is 1. The van der Waals surface area contributed by atoms with E-state index < -0.39 is 29.0 Å². The van der Waals surface area contributed by atoms with Gasteiger partial charge in [0.15, 0.2) is 6.10 Å². The highest BCUT2D eigenvalue weighted by molar-refractivity contribution is 5.90. The first-order valence-corrected chi connectivity index (χ1v) is 11.1. The average Bonchev–Trinajstić information content (AvgIpc) is 3.46. The van der Waals surface area contributed by atoms with Gasteiger partial charge in [0.1, 0.15) is 24.7 Å². The molecule has 1 saturated heterocycles. The first-order valence-electron chi connectivity index (χ1n) is 11.1. The summed E-state index contributed by atoms with van der Waals surface area (Å²) in [5.41, 5.74) is 0.703. The van der Waals surface area contributed by atoms with E-state index >= 15 is 4.39 Å². The Morgan fingerprint density at radius 1 is 1.32 bits per heavy atom. The van der Waals surface area contributed by atoms with Crippen LogP contribution in [0.5, 0.6) is 12.0 Å². The van der Waals surface area contributed by atoms with Gasteiger partial charge in [-0.2, -0.15) is 4.98 Å². The highest BCUT2D eigenvalue weighted by Gasteiger charge is 2.33. The summed E-state index contributed by atoms with van der Waals surface area (Å²) in [7, 11) is 0. The molecular weight excluding hydrogens is 493 g/mol. The number of halogens is 1. The number of hydrogen-bond acceptors (Lipinski definition) is 10. The summed E-state index contributed by atoms with van der Waals surface area (Å²) in [4.78, 5) is 47.0. The minimum absolute atomic E-state index is 0.0309. The number of fused-ring (bicyclic) bond motifs is 1. The number of carbonyl (C=O) groups excluding carboxylic acids is 2. The van der Waals surface area contributed by atoms with E-state index in [9.17, 15) is 19.7 Å². The lowest BCUT2D eigenvalue weighted by molar-refractivity contribution is -0.389. The van der Waals surface area contributed by atoms with Crippen molar-refractivity contribution in [3.05, 3.63) is 52.6 Å². The number of benzene rings is 1. The minimum atomic E-state index is -0.638. The second-order valence-corrected chi connectivity index (χ2v) is 8.28. The fourth-order valence-corrected chi connectivity index (χ4v) is 3.90. The molecule has 0 bridgehead atoms.